The van der Waals surface area contributed by atoms with E-state index in [-0.39, 0.29) is 28.8 Å². The Morgan fingerprint density at radius 3 is 2.27 bits per heavy atom. The van der Waals surface area contributed by atoms with E-state index in [1.54, 1.807) is 30.3 Å². The second kappa shape index (κ2) is 13.0. The van der Waals surface area contributed by atoms with Crippen LogP contribution in [-0.2, 0) is 6.42 Å². The summed E-state index contributed by atoms with van der Waals surface area (Å²) in [5.74, 6) is -0.258. The van der Waals surface area contributed by atoms with Gasteiger partial charge in [0.2, 0.25) is 11.5 Å². The quantitative estimate of drug-likeness (QED) is 0.122. The summed E-state index contributed by atoms with van der Waals surface area (Å²) in [4.78, 5) is 31.0. The number of unbranched alkanes of at least 4 members (excludes halogenated alkanes) is 1. The molecule has 0 unspecified atom stereocenters. The fourth-order valence-corrected chi connectivity index (χ4v) is 5.59. The fraction of sp³-hybridized carbons (Fsp3) is 0.229. The molecule has 2 aromatic heterocycles. The zero-order valence-electron chi connectivity index (χ0n) is 24.5. The number of fused-ring (bicyclic) bond motifs is 1. The van der Waals surface area contributed by atoms with Gasteiger partial charge >= 0.3 is 0 Å². The number of hydrogen-bond donors (Lipinski definition) is 2. The molecule has 0 bridgehead atoms. The molecule has 0 spiro atoms. The number of benzene rings is 3. The first kappa shape index (κ1) is 31.6. The number of aromatic hydroxyl groups is 1. The number of para-hydroxylation sites is 1. The molecule has 0 saturated heterocycles. The van der Waals surface area contributed by atoms with Crippen molar-refractivity contribution in [2.75, 3.05) is 6.54 Å². The lowest BCUT2D eigenvalue weighted by atomic mass is 9.87. The zero-order chi connectivity index (χ0) is 31.6. The van der Waals surface area contributed by atoms with Gasteiger partial charge in [0.25, 0.3) is 5.91 Å². The van der Waals surface area contributed by atoms with E-state index in [2.05, 4.69) is 5.32 Å². The van der Waals surface area contributed by atoms with Gasteiger partial charge in [-0.1, -0.05) is 79.8 Å². The Morgan fingerprint density at radius 1 is 0.886 bits per heavy atom. The number of nitrogens with one attached hydrogen (secondary N) is 1. The molecule has 0 saturated carbocycles. The van der Waals surface area contributed by atoms with E-state index in [0.29, 0.717) is 57.8 Å². The lowest BCUT2D eigenvalue weighted by Gasteiger charge is -2.15. The zero-order valence-corrected chi connectivity index (χ0v) is 26.8. The van der Waals surface area contributed by atoms with Crippen LogP contribution in [-0.4, -0.2) is 28.3 Å². The van der Waals surface area contributed by atoms with Crippen molar-refractivity contribution >= 4 is 57.6 Å². The molecule has 0 aliphatic heterocycles. The lowest BCUT2D eigenvalue weighted by molar-refractivity contribution is 0.0828. The number of nitrogens with zero attached hydrogens (tertiary/aromatic N) is 1. The molecule has 0 aliphatic carbocycles. The van der Waals surface area contributed by atoms with Gasteiger partial charge < -0.3 is 14.8 Å². The van der Waals surface area contributed by atoms with E-state index in [0.717, 1.165) is 22.1 Å². The number of aromatic nitrogens is 1. The molecule has 0 fully saturated rings. The van der Waals surface area contributed by atoms with Crippen LogP contribution in [0.1, 0.15) is 60.1 Å². The summed E-state index contributed by atoms with van der Waals surface area (Å²) < 4.78 is 6.24. The van der Waals surface area contributed by atoms with Crippen LogP contribution in [0.15, 0.2) is 77.2 Å². The van der Waals surface area contributed by atoms with Crippen molar-refractivity contribution in [2.45, 2.75) is 40.0 Å². The number of phenols is 1. The van der Waals surface area contributed by atoms with Crippen LogP contribution in [0.2, 0.25) is 15.1 Å². The molecule has 0 radical (unpaired) electrons. The summed E-state index contributed by atoms with van der Waals surface area (Å²) in [5, 5.41) is 15.1. The van der Waals surface area contributed by atoms with Crippen molar-refractivity contribution in [1.82, 2.24) is 10.3 Å². The Labute approximate surface area is 271 Å². The standard InChI is InChI=1S/C35H31Cl3N2O4/c1-35(2,3)32(42)31-23(8-6-7-17-39-33(43)25-9-4-5-10-29(25)41)27-19-26(20-11-13-21(36)14-12-20)30(40-34(27)44-31)24-16-15-22(37)18-28(24)38/h4-5,9-16,18-19,41H,6-8,17H2,1-3H3,(H,39,43). The number of aryl methyl sites for hydroxylation is 1. The number of amides is 1. The van der Waals surface area contributed by atoms with Gasteiger partial charge in [-0.15, -0.1) is 0 Å². The molecule has 2 N–H and O–H groups in total. The topological polar surface area (TPSA) is 92.4 Å². The second-order valence-electron chi connectivity index (χ2n) is 11.6. The number of pyridine rings is 1. The number of Topliss-reactive ketones (excluding diaryl/α,β-unsaturated/α-hetero) is 1. The predicted octanol–water partition coefficient (Wildman–Crippen LogP) is 9.81. The van der Waals surface area contributed by atoms with Crippen molar-refractivity contribution < 1.29 is 19.1 Å². The molecular weight excluding hydrogens is 619 g/mol. The molecule has 1 amide bonds. The molecule has 6 nitrogen and oxygen atoms in total. The third kappa shape index (κ3) is 6.78. The molecule has 0 atom stereocenters. The summed E-state index contributed by atoms with van der Waals surface area (Å²) in [5.41, 5.74) is 3.56. The van der Waals surface area contributed by atoms with Crippen molar-refractivity contribution in [3.05, 3.63) is 105 Å². The maximum Gasteiger partial charge on any atom is 0.255 e. The number of rotatable bonds is 9. The maximum atomic E-state index is 13.6. The van der Waals surface area contributed by atoms with Gasteiger partial charge in [0.1, 0.15) is 5.75 Å². The Balaban J connectivity index is 1.53. The number of hydrogen-bond acceptors (Lipinski definition) is 5. The fourth-order valence-electron chi connectivity index (χ4n) is 4.97. The van der Waals surface area contributed by atoms with Crippen molar-refractivity contribution in [2.24, 2.45) is 5.41 Å². The third-order valence-corrected chi connectivity index (χ3v) is 8.10. The van der Waals surface area contributed by atoms with Crippen molar-refractivity contribution in [3.8, 4) is 28.1 Å². The highest BCUT2D eigenvalue weighted by molar-refractivity contribution is 6.36. The van der Waals surface area contributed by atoms with Gasteiger partial charge in [-0.2, -0.15) is 0 Å². The van der Waals surface area contributed by atoms with Crippen LogP contribution in [0.4, 0.5) is 0 Å². The summed E-state index contributed by atoms with van der Waals surface area (Å²) >= 11 is 19.0. The Morgan fingerprint density at radius 2 is 1.59 bits per heavy atom. The van der Waals surface area contributed by atoms with Gasteiger partial charge in [-0.05, 0) is 73.4 Å². The molecule has 226 valence electrons. The second-order valence-corrected chi connectivity index (χ2v) is 12.9. The van der Waals surface area contributed by atoms with Crippen LogP contribution in [0.3, 0.4) is 0 Å². The van der Waals surface area contributed by atoms with Crippen LogP contribution in [0.25, 0.3) is 33.5 Å². The number of carbonyl (C=O) groups excluding carboxylic acids is 2. The molecule has 9 heteroatoms. The highest BCUT2D eigenvalue weighted by Crippen LogP contribution is 2.41. The SMILES string of the molecule is CC(C)(C)C(=O)c1oc2nc(-c3ccc(Cl)cc3Cl)c(-c3ccc(Cl)cc3)cc2c1CCCCNC(=O)c1ccccc1O. The normalized spacial score (nSPS) is 11.6. The van der Waals surface area contributed by atoms with Crippen LogP contribution in [0, 0.1) is 5.41 Å². The number of carbonyl (C=O) groups is 2. The summed E-state index contributed by atoms with van der Waals surface area (Å²) in [6.45, 7) is 5.96. The van der Waals surface area contributed by atoms with E-state index < -0.39 is 5.41 Å². The summed E-state index contributed by atoms with van der Waals surface area (Å²) in [6.07, 6.45) is 1.84. The molecule has 5 aromatic rings. The third-order valence-electron chi connectivity index (χ3n) is 7.30. The first-order chi connectivity index (χ1) is 20.9. The van der Waals surface area contributed by atoms with E-state index in [1.165, 1.54) is 6.07 Å². The molecular formula is C35H31Cl3N2O4. The van der Waals surface area contributed by atoms with Crippen LogP contribution >= 0.6 is 34.8 Å². The Kier molecular flexibility index (Phi) is 9.35. The van der Waals surface area contributed by atoms with E-state index in [4.69, 9.17) is 44.2 Å². The van der Waals surface area contributed by atoms with E-state index in [9.17, 15) is 14.7 Å². The maximum absolute atomic E-state index is 13.6. The number of furan rings is 1. The van der Waals surface area contributed by atoms with Gasteiger partial charge in [0.05, 0.1) is 16.3 Å². The van der Waals surface area contributed by atoms with Gasteiger partial charge in [-0.3, -0.25) is 9.59 Å². The van der Waals surface area contributed by atoms with E-state index in [1.807, 2.05) is 57.2 Å². The van der Waals surface area contributed by atoms with E-state index >= 15 is 0 Å². The molecule has 44 heavy (non-hydrogen) atoms. The minimum Gasteiger partial charge on any atom is -0.507 e. The summed E-state index contributed by atoms with van der Waals surface area (Å²) in [7, 11) is 0. The first-order valence-electron chi connectivity index (χ1n) is 14.2. The predicted molar refractivity (Wildman–Crippen MR) is 177 cm³/mol. The average Bonchev–Trinajstić information content (AvgIpc) is 3.33. The highest BCUT2D eigenvalue weighted by atomic mass is 35.5. The van der Waals surface area contributed by atoms with Gasteiger partial charge in [0.15, 0.2) is 5.76 Å². The number of halogens is 3. The molecule has 2 heterocycles. The van der Waals surface area contributed by atoms with Crippen LogP contribution in [0.5, 0.6) is 5.75 Å². The lowest BCUT2D eigenvalue weighted by Crippen LogP contribution is -2.24. The monoisotopic (exact) mass is 648 g/mol. The van der Waals surface area contributed by atoms with Gasteiger partial charge in [0, 0.05) is 44.1 Å². The molecule has 5 rings (SSSR count). The van der Waals surface area contributed by atoms with Crippen molar-refractivity contribution in [1.29, 1.82) is 0 Å². The summed E-state index contributed by atoms with van der Waals surface area (Å²) in [6, 6.07) is 21.1. The Bertz CT molecular complexity index is 1860. The Hall–Kier alpha value is -3.84. The minimum absolute atomic E-state index is 0.0662. The average molecular weight is 650 g/mol. The molecule has 0 aliphatic rings. The van der Waals surface area contributed by atoms with Gasteiger partial charge in [-0.25, -0.2) is 4.98 Å². The largest absolute Gasteiger partial charge is 0.507 e. The highest BCUT2D eigenvalue weighted by Gasteiger charge is 2.31. The van der Waals surface area contributed by atoms with Crippen LogP contribution < -0.4 is 5.32 Å². The first-order valence-corrected chi connectivity index (χ1v) is 15.4. The number of ketones is 1. The minimum atomic E-state index is -0.685. The number of phenolic OH excluding ortho intramolecular Hbond substituents is 1. The van der Waals surface area contributed by atoms with Crippen molar-refractivity contribution in [3.63, 3.8) is 0 Å². The smallest absolute Gasteiger partial charge is 0.255 e. The molecule has 3 aromatic carbocycles.